The van der Waals surface area contributed by atoms with Crippen molar-refractivity contribution in [2.24, 2.45) is 0 Å². The molecule has 2 heterocycles. The summed E-state index contributed by atoms with van der Waals surface area (Å²) < 4.78 is 10.7. The molecule has 19 heavy (non-hydrogen) atoms. The summed E-state index contributed by atoms with van der Waals surface area (Å²) in [6.45, 7) is 7.11. The number of nitrogens with one attached hydrogen (secondary N) is 1. The second-order valence-electron chi connectivity index (χ2n) is 5.28. The molecule has 2 aliphatic heterocycles. The molecule has 2 aliphatic rings. The van der Waals surface area contributed by atoms with Gasteiger partial charge >= 0.3 is 0 Å². The van der Waals surface area contributed by atoms with Crippen LogP contribution in [0.15, 0.2) is 18.2 Å². The minimum absolute atomic E-state index is 0.349. The topological polar surface area (TPSA) is 33.7 Å². The number of ether oxygens (including phenoxy) is 2. The van der Waals surface area contributed by atoms with Crippen LogP contribution in [0.4, 0.5) is 0 Å². The van der Waals surface area contributed by atoms with Crippen molar-refractivity contribution in [2.75, 3.05) is 26.4 Å². The molecule has 3 rings (SSSR count). The summed E-state index contributed by atoms with van der Waals surface area (Å²) in [6, 6.07) is 6.84. The number of piperidine rings is 1. The zero-order valence-electron chi connectivity index (χ0n) is 11.5. The second-order valence-corrected chi connectivity index (χ2v) is 5.28. The van der Waals surface area contributed by atoms with E-state index >= 15 is 0 Å². The van der Waals surface area contributed by atoms with E-state index in [2.05, 4.69) is 29.3 Å². The van der Waals surface area contributed by atoms with Crippen molar-refractivity contribution in [3.05, 3.63) is 23.8 Å². The van der Waals surface area contributed by atoms with E-state index in [-0.39, 0.29) is 0 Å². The SMILES string of the molecule is CCN1CCC(NCc2ccc3c(c2)OCO3)CC1. The van der Waals surface area contributed by atoms with Gasteiger partial charge in [0.25, 0.3) is 0 Å². The first-order valence-electron chi connectivity index (χ1n) is 7.19. The Labute approximate surface area is 114 Å². The normalized spacial score (nSPS) is 19.8. The van der Waals surface area contributed by atoms with Gasteiger partial charge in [0.1, 0.15) is 0 Å². The molecule has 104 valence electrons. The Morgan fingerprint density at radius 3 is 2.79 bits per heavy atom. The first-order valence-corrected chi connectivity index (χ1v) is 7.19. The van der Waals surface area contributed by atoms with Crippen LogP contribution in [0.3, 0.4) is 0 Å². The number of nitrogens with zero attached hydrogens (tertiary/aromatic N) is 1. The standard InChI is InChI=1S/C15H22N2O2/c1-2-17-7-5-13(6-8-17)16-10-12-3-4-14-15(9-12)19-11-18-14/h3-4,9,13,16H,2,5-8,10-11H2,1H3. The molecule has 1 N–H and O–H groups in total. The zero-order chi connectivity index (χ0) is 13.1. The van der Waals surface area contributed by atoms with Gasteiger partial charge in [0.15, 0.2) is 11.5 Å². The van der Waals surface area contributed by atoms with Gasteiger partial charge in [0, 0.05) is 12.6 Å². The third-order valence-electron chi connectivity index (χ3n) is 4.07. The Kier molecular flexibility index (Phi) is 3.89. The molecule has 1 saturated heterocycles. The molecule has 1 aromatic carbocycles. The Bertz CT molecular complexity index is 428. The molecular formula is C15H22N2O2. The third-order valence-corrected chi connectivity index (χ3v) is 4.07. The summed E-state index contributed by atoms with van der Waals surface area (Å²) in [5.74, 6) is 1.74. The molecule has 0 atom stereocenters. The van der Waals surface area contributed by atoms with E-state index in [9.17, 15) is 0 Å². The summed E-state index contributed by atoms with van der Waals surface area (Å²) in [7, 11) is 0. The van der Waals surface area contributed by atoms with Crippen molar-refractivity contribution in [3.8, 4) is 11.5 Å². The highest BCUT2D eigenvalue weighted by Crippen LogP contribution is 2.32. The minimum Gasteiger partial charge on any atom is -0.454 e. The first-order chi connectivity index (χ1) is 9.35. The summed E-state index contributed by atoms with van der Waals surface area (Å²) >= 11 is 0. The molecule has 0 aromatic heterocycles. The van der Waals surface area contributed by atoms with Crippen molar-refractivity contribution in [2.45, 2.75) is 32.4 Å². The predicted molar refractivity (Wildman–Crippen MR) is 74.5 cm³/mol. The smallest absolute Gasteiger partial charge is 0.231 e. The maximum Gasteiger partial charge on any atom is 0.231 e. The number of likely N-dealkylation sites (tertiary alicyclic amines) is 1. The fourth-order valence-electron chi connectivity index (χ4n) is 2.77. The summed E-state index contributed by atoms with van der Waals surface area (Å²) in [4.78, 5) is 2.51. The van der Waals surface area contributed by atoms with E-state index < -0.39 is 0 Å². The molecule has 1 aromatic rings. The van der Waals surface area contributed by atoms with Crippen LogP contribution >= 0.6 is 0 Å². The summed E-state index contributed by atoms with van der Waals surface area (Å²) in [5.41, 5.74) is 1.27. The van der Waals surface area contributed by atoms with Crippen LogP contribution in [0.25, 0.3) is 0 Å². The molecule has 0 bridgehead atoms. The summed E-state index contributed by atoms with van der Waals surface area (Å²) in [5, 5.41) is 3.65. The van der Waals surface area contributed by atoms with E-state index in [4.69, 9.17) is 9.47 Å². The lowest BCUT2D eigenvalue weighted by molar-refractivity contribution is 0.174. The number of fused-ring (bicyclic) bond motifs is 1. The molecule has 4 nitrogen and oxygen atoms in total. The van der Waals surface area contributed by atoms with Crippen molar-refractivity contribution in [1.82, 2.24) is 10.2 Å². The molecule has 0 spiro atoms. The average Bonchev–Trinajstić information content (AvgIpc) is 2.93. The van der Waals surface area contributed by atoms with E-state index in [0.29, 0.717) is 12.8 Å². The highest BCUT2D eigenvalue weighted by molar-refractivity contribution is 5.44. The van der Waals surface area contributed by atoms with Gasteiger partial charge in [0.2, 0.25) is 6.79 Å². The van der Waals surface area contributed by atoms with Gasteiger partial charge in [-0.2, -0.15) is 0 Å². The monoisotopic (exact) mass is 262 g/mol. The maximum atomic E-state index is 5.40. The lowest BCUT2D eigenvalue weighted by Crippen LogP contribution is -2.42. The molecule has 0 radical (unpaired) electrons. The minimum atomic E-state index is 0.349. The molecular weight excluding hydrogens is 240 g/mol. The van der Waals surface area contributed by atoms with Gasteiger partial charge in [-0.25, -0.2) is 0 Å². The number of benzene rings is 1. The highest BCUT2D eigenvalue weighted by Gasteiger charge is 2.18. The van der Waals surface area contributed by atoms with E-state index in [0.717, 1.165) is 18.0 Å². The van der Waals surface area contributed by atoms with Gasteiger partial charge in [-0.15, -0.1) is 0 Å². The second kappa shape index (κ2) is 5.80. The molecule has 4 heteroatoms. The van der Waals surface area contributed by atoms with Crippen molar-refractivity contribution >= 4 is 0 Å². The van der Waals surface area contributed by atoms with Gasteiger partial charge in [-0.05, 0) is 50.2 Å². The highest BCUT2D eigenvalue weighted by atomic mass is 16.7. The van der Waals surface area contributed by atoms with Crippen LogP contribution in [0.5, 0.6) is 11.5 Å². The van der Waals surface area contributed by atoms with Gasteiger partial charge in [-0.1, -0.05) is 13.0 Å². The first kappa shape index (κ1) is 12.8. The zero-order valence-corrected chi connectivity index (χ0v) is 11.5. The number of rotatable bonds is 4. The maximum absolute atomic E-state index is 5.40. The Morgan fingerprint density at radius 1 is 1.21 bits per heavy atom. The molecule has 0 aliphatic carbocycles. The summed E-state index contributed by atoms with van der Waals surface area (Å²) in [6.07, 6.45) is 2.50. The van der Waals surface area contributed by atoms with Crippen LogP contribution in [0.2, 0.25) is 0 Å². The van der Waals surface area contributed by atoms with Crippen LogP contribution < -0.4 is 14.8 Å². The van der Waals surface area contributed by atoms with Gasteiger partial charge < -0.3 is 19.7 Å². The Morgan fingerprint density at radius 2 is 2.00 bits per heavy atom. The molecule has 0 amide bonds. The van der Waals surface area contributed by atoms with Gasteiger partial charge in [-0.3, -0.25) is 0 Å². The predicted octanol–water partition coefficient (Wildman–Crippen LogP) is 1.99. The molecule has 0 unspecified atom stereocenters. The lowest BCUT2D eigenvalue weighted by atomic mass is 10.0. The largest absolute Gasteiger partial charge is 0.454 e. The average molecular weight is 262 g/mol. The Balaban J connectivity index is 1.50. The van der Waals surface area contributed by atoms with Crippen LogP contribution in [-0.4, -0.2) is 37.4 Å². The van der Waals surface area contributed by atoms with Crippen molar-refractivity contribution < 1.29 is 9.47 Å². The number of hydrogen-bond acceptors (Lipinski definition) is 4. The quantitative estimate of drug-likeness (QED) is 0.899. The molecule has 0 saturated carbocycles. The van der Waals surface area contributed by atoms with Crippen molar-refractivity contribution in [3.63, 3.8) is 0 Å². The molecule has 1 fully saturated rings. The lowest BCUT2D eigenvalue weighted by Gasteiger charge is -2.31. The third kappa shape index (κ3) is 3.01. The fourth-order valence-corrected chi connectivity index (χ4v) is 2.77. The van der Waals surface area contributed by atoms with E-state index in [1.165, 1.54) is 38.0 Å². The van der Waals surface area contributed by atoms with Crippen molar-refractivity contribution in [1.29, 1.82) is 0 Å². The van der Waals surface area contributed by atoms with E-state index in [1.807, 2.05) is 6.07 Å². The number of hydrogen-bond donors (Lipinski definition) is 1. The van der Waals surface area contributed by atoms with Crippen LogP contribution in [-0.2, 0) is 6.54 Å². The van der Waals surface area contributed by atoms with E-state index in [1.54, 1.807) is 0 Å². The van der Waals surface area contributed by atoms with Gasteiger partial charge in [0.05, 0.1) is 0 Å². The van der Waals surface area contributed by atoms with Crippen LogP contribution in [0, 0.1) is 0 Å². The Hall–Kier alpha value is -1.26. The van der Waals surface area contributed by atoms with Crippen LogP contribution in [0.1, 0.15) is 25.3 Å². The fraction of sp³-hybridized carbons (Fsp3) is 0.600.